The lowest BCUT2D eigenvalue weighted by Crippen LogP contribution is -2.42. The van der Waals surface area contributed by atoms with Gasteiger partial charge in [0.2, 0.25) is 11.8 Å². The standard InChI is InChI=1S/C18H27NO2.C15H27NO3/c1-12(2)16-10-5-13(3)11-17(16)18(20)19-14-6-8-15(21-4)9-7-14;1-5-19-14(17)9-16-15(18)13-8-11(4)6-7-12(13)10(2)3/h6-9,12-13,16-17H,5,10-11H2,1-4H3,(H,19,20);10-13H,5-9H2,1-4H3,(H,16,18). The number of hydrogen-bond donors (Lipinski definition) is 2. The van der Waals surface area contributed by atoms with Gasteiger partial charge in [0.25, 0.3) is 0 Å². The molecule has 2 N–H and O–H groups in total. The Morgan fingerprint density at radius 1 is 0.825 bits per heavy atom. The molecule has 0 saturated heterocycles. The van der Waals surface area contributed by atoms with Crippen molar-refractivity contribution in [2.75, 3.05) is 25.6 Å². The number of carbonyl (C=O) groups is 3. The topological polar surface area (TPSA) is 93.7 Å². The fourth-order valence-electron chi connectivity index (χ4n) is 6.42. The molecule has 3 rings (SSSR count). The van der Waals surface area contributed by atoms with Crippen LogP contribution in [0.2, 0.25) is 0 Å². The number of anilines is 1. The van der Waals surface area contributed by atoms with E-state index in [9.17, 15) is 14.4 Å². The van der Waals surface area contributed by atoms with Gasteiger partial charge in [0.05, 0.1) is 13.7 Å². The molecule has 0 radical (unpaired) electrons. The third-order valence-electron chi connectivity index (χ3n) is 8.79. The van der Waals surface area contributed by atoms with Crippen LogP contribution in [-0.4, -0.2) is 38.0 Å². The van der Waals surface area contributed by atoms with Gasteiger partial charge in [-0.15, -0.1) is 0 Å². The number of esters is 1. The number of benzene rings is 1. The zero-order valence-electron chi connectivity index (χ0n) is 26.1. The van der Waals surface area contributed by atoms with Crippen molar-refractivity contribution in [3.8, 4) is 5.75 Å². The molecule has 1 aromatic carbocycles. The van der Waals surface area contributed by atoms with Crippen LogP contribution in [0.15, 0.2) is 24.3 Å². The number of nitrogens with one attached hydrogen (secondary N) is 2. The smallest absolute Gasteiger partial charge is 0.325 e. The van der Waals surface area contributed by atoms with E-state index in [-0.39, 0.29) is 36.2 Å². The van der Waals surface area contributed by atoms with Crippen molar-refractivity contribution in [3.05, 3.63) is 24.3 Å². The molecule has 2 aliphatic carbocycles. The fraction of sp³-hybridized carbons (Fsp3) is 0.727. The zero-order valence-corrected chi connectivity index (χ0v) is 26.1. The summed E-state index contributed by atoms with van der Waals surface area (Å²) in [5, 5.41) is 5.80. The largest absolute Gasteiger partial charge is 0.497 e. The van der Waals surface area contributed by atoms with Crippen LogP contribution in [0.3, 0.4) is 0 Å². The fourth-order valence-corrected chi connectivity index (χ4v) is 6.42. The molecule has 6 atom stereocenters. The van der Waals surface area contributed by atoms with E-state index < -0.39 is 0 Å². The van der Waals surface area contributed by atoms with Crippen molar-refractivity contribution in [1.29, 1.82) is 0 Å². The Balaban J connectivity index is 0.000000282. The number of ether oxygens (including phenoxy) is 2. The molecule has 0 aromatic heterocycles. The van der Waals surface area contributed by atoms with Crippen LogP contribution in [0.25, 0.3) is 0 Å². The second kappa shape index (κ2) is 16.6. The summed E-state index contributed by atoms with van der Waals surface area (Å²) in [6, 6.07) is 7.54. The van der Waals surface area contributed by atoms with Gasteiger partial charge < -0.3 is 20.1 Å². The molecule has 6 unspecified atom stereocenters. The number of carbonyl (C=O) groups excluding carboxylic acids is 3. The maximum Gasteiger partial charge on any atom is 0.325 e. The van der Waals surface area contributed by atoms with Crippen molar-refractivity contribution >= 4 is 23.5 Å². The first-order chi connectivity index (χ1) is 19.0. The molecule has 2 saturated carbocycles. The van der Waals surface area contributed by atoms with Gasteiger partial charge in [-0.1, -0.05) is 54.4 Å². The monoisotopic (exact) mass is 558 g/mol. The summed E-state index contributed by atoms with van der Waals surface area (Å²) in [5.74, 6) is 4.03. The van der Waals surface area contributed by atoms with E-state index in [0.717, 1.165) is 30.7 Å². The van der Waals surface area contributed by atoms with Crippen LogP contribution >= 0.6 is 0 Å². The Kier molecular flexibility index (Phi) is 14.0. The van der Waals surface area contributed by atoms with Gasteiger partial charge in [-0.2, -0.15) is 0 Å². The Labute approximate surface area is 242 Å². The highest BCUT2D eigenvalue weighted by Crippen LogP contribution is 2.39. The van der Waals surface area contributed by atoms with Gasteiger partial charge in [-0.05, 0) is 92.4 Å². The first-order valence-electron chi connectivity index (χ1n) is 15.3. The lowest BCUT2D eigenvalue weighted by atomic mass is 9.70. The van der Waals surface area contributed by atoms with Gasteiger partial charge in [0, 0.05) is 17.5 Å². The third kappa shape index (κ3) is 10.4. The van der Waals surface area contributed by atoms with Gasteiger partial charge >= 0.3 is 5.97 Å². The SMILES string of the molecule is CCOC(=O)CNC(=O)C1CC(C)CCC1C(C)C.COc1ccc(NC(=O)C2CC(C)CCC2C(C)C)cc1. The Morgan fingerprint density at radius 2 is 1.32 bits per heavy atom. The van der Waals surface area contributed by atoms with Gasteiger partial charge in [-0.3, -0.25) is 14.4 Å². The molecule has 2 fully saturated rings. The molecular formula is C33H54N2O5. The van der Waals surface area contributed by atoms with Crippen molar-refractivity contribution in [3.63, 3.8) is 0 Å². The molecule has 7 nitrogen and oxygen atoms in total. The van der Waals surface area contributed by atoms with Gasteiger partial charge in [0.15, 0.2) is 0 Å². The van der Waals surface area contributed by atoms with E-state index in [2.05, 4.69) is 52.2 Å². The van der Waals surface area contributed by atoms with Crippen LogP contribution in [-0.2, 0) is 19.1 Å². The minimum absolute atomic E-state index is 0.0115. The Morgan fingerprint density at radius 3 is 1.77 bits per heavy atom. The highest BCUT2D eigenvalue weighted by atomic mass is 16.5. The minimum Gasteiger partial charge on any atom is -0.497 e. The van der Waals surface area contributed by atoms with Crippen molar-refractivity contribution in [1.82, 2.24) is 5.32 Å². The number of hydrogen-bond acceptors (Lipinski definition) is 5. The minimum atomic E-state index is -0.360. The van der Waals surface area contributed by atoms with Crippen molar-refractivity contribution in [2.24, 2.45) is 47.3 Å². The van der Waals surface area contributed by atoms with E-state index in [4.69, 9.17) is 9.47 Å². The molecule has 0 aliphatic heterocycles. The predicted molar refractivity (Wildman–Crippen MR) is 161 cm³/mol. The maximum absolute atomic E-state index is 12.6. The average Bonchev–Trinajstić information content (AvgIpc) is 2.92. The van der Waals surface area contributed by atoms with E-state index in [1.807, 2.05) is 24.3 Å². The second-order valence-corrected chi connectivity index (χ2v) is 12.6. The van der Waals surface area contributed by atoms with Gasteiger partial charge in [-0.25, -0.2) is 0 Å². The van der Waals surface area contributed by atoms with E-state index in [1.54, 1.807) is 14.0 Å². The van der Waals surface area contributed by atoms with Crippen molar-refractivity contribution < 1.29 is 23.9 Å². The van der Waals surface area contributed by atoms with Crippen LogP contribution < -0.4 is 15.4 Å². The molecule has 0 heterocycles. The summed E-state index contributed by atoms with van der Waals surface area (Å²) in [4.78, 5) is 36.2. The summed E-state index contributed by atoms with van der Waals surface area (Å²) in [6.07, 6.45) is 6.65. The van der Waals surface area contributed by atoms with Gasteiger partial charge in [0.1, 0.15) is 12.3 Å². The number of methoxy groups -OCH3 is 1. The molecule has 0 spiro atoms. The summed E-state index contributed by atoms with van der Waals surface area (Å²) in [6.45, 7) is 15.4. The second-order valence-electron chi connectivity index (χ2n) is 12.6. The summed E-state index contributed by atoms with van der Waals surface area (Å²) >= 11 is 0. The lowest BCUT2D eigenvalue weighted by Gasteiger charge is -2.36. The number of rotatable bonds is 9. The highest BCUT2D eigenvalue weighted by molar-refractivity contribution is 5.92. The molecule has 1 aromatic rings. The first-order valence-corrected chi connectivity index (χ1v) is 15.3. The van der Waals surface area contributed by atoms with Crippen molar-refractivity contribution in [2.45, 2.75) is 87.0 Å². The molecule has 40 heavy (non-hydrogen) atoms. The molecule has 2 amide bonds. The van der Waals surface area contributed by atoms with E-state index in [0.29, 0.717) is 42.1 Å². The first kappa shape index (κ1) is 33.6. The molecule has 7 heteroatoms. The summed E-state index contributed by atoms with van der Waals surface area (Å²) < 4.78 is 9.96. The lowest BCUT2D eigenvalue weighted by molar-refractivity contribution is -0.144. The average molecular weight is 559 g/mol. The molecule has 0 bridgehead atoms. The maximum atomic E-state index is 12.6. The summed E-state index contributed by atoms with van der Waals surface area (Å²) in [7, 11) is 1.64. The van der Waals surface area contributed by atoms with Crippen LogP contribution in [0.4, 0.5) is 5.69 Å². The number of amides is 2. The quantitative estimate of drug-likeness (QED) is 0.328. The molecular weight excluding hydrogens is 504 g/mol. The summed E-state index contributed by atoms with van der Waals surface area (Å²) in [5.41, 5.74) is 0.849. The van der Waals surface area contributed by atoms with Crippen LogP contribution in [0, 0.1) is 47.3 Å². The van der Waals surface area contributed by atoms with E-state index >= 15 is 0 Å². The normalized spacial score (nSPS) is 26.4. The molecule has 226 valence electrons. The molecule has 2 aliphatic rings. The Hall–Kier alpha value is -2.57. The van der Waals surface area contributed by atoms with E-state index in [1.165, 1.54) is 19.3 Å². The zero-order chi connectivity index (χ0) is 29.8. The predicted octanol–water partition coefficient (Wildman–Crippen LogP) is 6.72. The Bertz CT molecular complexity index is 929. The van der Waals surface area contributed by atoms with Crippen LogP contribution in [0.1, 0.15) is 87.0 Å². The highest BCUT2D eigenvalue weighted by Gasteiger charge is 2.36. The third-order valence-corrected chi connectivity index (χ3v) is 8.79. The van der Waals surface area contributed by atoms with Crippen LogP contribution in [0.5, 0.6) is 5.75 Å².